The van der Waals surface area contributed by atoms with Crippen LogP contribution in [0.25, 0.3) is 66.4 Å². The van der Waals surface area contributed by atoms with Crippen LogP contribution in [0.4, 0.5) is 17.1 Å². The number of nitrogens with zero attached hydrogens (tertiary/aromatic N) is 1. The number of hydrogen-bond acceptors (Lipinski definition) is 2. The quantitative estimate of drug-likeness (QED) is 0.152. The average Bonchev–Trinajstić information content (AvgIpc) is 3.89. The summed E-state index contributed by atoms with van der Waals surface area (Å²) in [6.07, 6.45) is 0. The van der Waals surface area contributed by atoms with Crippen LogP contribution >= 0.6 is 0 Å². The van der Waals surface area contributed by atoms with Gasteiger partial charge in [0.15, 0.2) is 0 Å². The first-order valence-electron chi connectivity index (χ1n) is 21.7. The van der Waals surface area contributed by atoms with E-state index in [1.54, 1.807) is 0 Å². The van der Waals surface area contributed by atoms with Gasteiger partial charge in [0.1, 0.15) is 11.2 Å². The summed E-state index contributed by atoms with van der Waals surface area (Å²) in [6, 6.07) is 90.3. The van der Waals surface area contributed by atoms with Gasteiger partial charge in [0, 0.05) is 27.6 Å². The van der Waals surface area contributed by atoms with E-state index in [1.807, 2.05) is 6.07 Å². The van der Waals surface area contributed by atoms with Crippen LogP contribution in [-0.2, 0) is 5.41 Å². The second-order valence-electron chi connectivity index (χ2n) is 16.4. The van der Waals surface area contributed by atoms with E-state index in [1.165, 1.54) is 44.5 Å². The summed E-state index contributed by atoms with van der Waals surface area (Å²) in [4.78, 5) is 2.50. The molecule has 2 nitrogen and oxygen atoms in total. The third kappa shape index (κ3) is 5.87. The van der Waals surface area contributed by atoms with E-state index in [9.17, 15) is 0 Å². The topological polar surface area (TPSA) is 16.4 Å². The maximum Gasteiger partial charge on any atom is 0.136 e. The molecule has 1 heterocycles. The van der Waals surface area contributed by atoms with Crippen molar-refractivity contribution in [3.8, 4) is 44.5 Å². The number of fused-ring (bicyclic) bond motifs is 6. The molecule has 0 saturated carbocycles. The lowest BCUT2D eigenvalue weighted by atomic mass is 9.68. The van der Waals surface area contributed by atoms with Crippen molar-refractivity contribution in [3.05, 3.63) is 271 Å². The van der Waals surface area contributed by atoms with Crippen LogP contribution in [0.1, 0.15) is 22.3 Å². The van der Waals surface area contributed by atoms with Gasteiger partial charge in [-0.05, 0) is 98.1 Å². The molecule has 10 aromatic carbocycles. The van der Waals surface area contributed by atoms with Crippen LogP contribution in [0.3, 0.4) is 0 Å². The standard InChI is InChI=1S/C61H41NO/c1-5-19-42(20-6-1)43-35-38-48(39-36-43)62(55-32-17-29-49(44-21-7-2-8-22-44)59(55)45-37-40-51-50-27-14-16-34-57(50)63-58(51)41-45)56-33-18-31-54-60(56)52-28-13-15-30-53(52)61(54,46-23-9-3-10-24-46)47-25-11-4-12-26-47/h1-41H. The van der Waals surface area contributed by atoms with E-state index in [0.717, 1.165) is 61.3 Å². The Hall–Kier alpha value is -8.20. The molecule has 0 unspecified atom stereocenters. The van der Waals surface area contributed by atoms with Crippen molar-refractivity contribution in [2.45, 2.75) is 5.41 Å². The molecule has 1 aromatic heterocycles. The van der Waals surface area contributed by atoms with Gasteiger partial charge in [-0.1, -0.05) is 206 Å². The fourth-order valence-electron chi connectivity index (χ4n) is 10.3. The molecule has 63 heavy (non-hydrogen) atoms. The maximum atomic E-state index is 6.58. The molecule has 0 amide bonds. The van der Waals surface area contributed by atoms with Gasteiger partial charge < -0.3 is 9.32 Å². The zero-order chi connectivity index (χ0) is 41.7. The van der Waals surface area contributed by atoms with Crippen molar-refractivity contribution >= 4 is 39.0 Å². The number of benzene rings is 10. The Morgan fingerprint density at radius 1 is 0.317 bits per heavy atom. The minimum atomic E-state index is -0.547. The predicted octanol–water partition coefficient (Wildman–Crippen LogP) is 16.4. The fraction of sp³-hybridized carbons (Fsp3) is 0.0164. The molecule has 0 aliphatic heterocycles. The molecule has 1 aliphatic rings. The van der Waals surface area contributed by atoms with Gasteiger partial charge in [-0.15, -0.1) is 0 Å². The van der Waals surface area contributed by atoms with Gasteiger partial charge in [-0.2, -0.15) is 0 Å². The molecule has 0 saturated heterocycles. The molecule has 2 heteroatoms. The lowest BCUT2D eigenvalue weighted by Gasteiger charge is -2.35. The Morgan fingerprint density at radius 3 is 1.54 bits per heavy atom. The molecule has 0 atom stereocenters. The maximum absolute atomic E-state index is 6.58. The Balaban J connectivity index is 1.17. The van der Waals surface area contributed by atoms with Crippen molar-refractivity contribution < 1.29 is 4.42 Å². The van der Waals surface area contributed by atoms with Crippen molar-refractivity contribution in [2.75, 3.05) is 4.90 Å². The summed E-state index contributed by atoms with van der Waals surface area (Å²) in [5.41, 5.74) is 18.8. The van der Waals surface area contributed by atoms with Gasteiger partial charge in [-0.25, -0.2) is 0 Å². The average molecular weight is 804 g/mol. The summed E-state index contributed by atoms with van der Waals surface area (Å²) in [5, 5.41) is 2.23. The summed E-state index contributed by atoms with van der Waals surface area (Å²) >= 11 is 0. The van der Waals surface area contributed by atoms with Crippen LogP contribution in [-0.4, -0.2) is 0 Å². The van der Waals surface area contributed by atoms with Gasteiger partial charge in [-0.3, -0.25) is 0 Å². The van der Waals surface area contributed by atoms with E-state index in [-0.39, 0.29) is 0 Å². The molecule has 12 rings (SSSR count). The summed E-state index contributed by atoms with van der Waals surface area (Å²) in [6.45, 7) is 0. The van der Waals surface area contributed by atoms with Crippen LogP contribution < -0.4 is 4.90 Å². The second kappa shape index (κ2) is 15.1. The summed E-state index contributed by atoms with van der Waals surface area (Å²) in [7, 11) is 0. The van der Waals surface area contributed by atoms with Crippen molar-refractivity contribution in [1.29, 1.82) is 0 Å². The molecular weight excluding hydrogens is 763 g/mol. The summed E-state index contributed by atoms with van der Waals surface area (Å²) in [5.74, 6) is 0. The second-order valence-corrected chi connectivity index (χ2v) is 16.4. The van der Waals surface area contributed by atoms with Crippen molar-refractivity contribution in [1.82, 2.24) is 0 Å². The lowest BCUT2D eigenvalue weighted by molar-refractivity contribution is 0.669. The SMILES string of the molecule is c1ccc(-c2ccc(N(c3cccc(-c4ccccc4)c3-c3ccc4c(c3)oc3ccccc34)c3cccc4c3-c3ccccc3C4(c3ccccc3)c3ccccc3)cc2)cc1. The number of furan rings is 1. The number of anilines is 3. The largest absolute Gasteiger partial charge is 0.456 e. The zero-order valence-corrected chi connectivity index (χ0v) is 34.5. The Labute approximate surface area is 367 Å². The molecular formula is C61H41NO. The third-order valence-corrected chi connectivity index (χ3v) is 13.0. The molecule has 0 N–H and O–H groups in total. The molecule has 0 fully saturated rings. The molecule has 11 aromatic rings. The molecule has 1 aliphatic carbocycles. The van der Waals surface area contributed by atoms with Crippen LogP contribution in [0.2, 0.25) is 0 Å². The van der Waals surface area contributed by atoms with Crippen molar-refractivity contribution in [2.24, 2.45) is 0 Å². The Morgan fingerprint density at radius 2 is 0.825 bits per heavy atom. The van der Waals surface area contributed by atoms with E-state index >= 15 is 0 Å². The van der Waals surface area contributed by atoms with E-state index in [0.29, 0.717) is 0 Å². The van der Waals surface area contributed by atoms with Crippen LogP contribution in [0, 0.1) is 0 Å². The van der Waals surface area contributed by atoms with Gasteiger partial charge in [0.2, 0.25) is 0 Å². The monoisotopic (exact) mass is 803 g/mol. The highest BCUT2D eigenvalue weighted by atomic mass is 16.3. The minimum Gasteiger partial charge on any atom is -0.456 e. The zero-order valence-electron chi connectivity index (χ0n) is 34.5. The molecule has 0 radical (unpaired) electrons. The smallest absolute Gasteiger partial charge is 0.136 e. The van der Waals surface area contributed by atoms with E-state index in [2.05, 4.69) is 248 Å². The predicted molar refractivity (Wildman–Crippen MR) is 262 cm³/mol. The fourth-order valence-corrected chi connectivity index (χ4v) is 10.3. The number of hydrogen-bond donors (Lipinski definition) is 0. The molecule has 296 valence electrons. The van der Waals surface area contributed by atoms with E-state index in [4.69, 9.17) is 4.42 Å². The summed E-state index contributed by atoms with van der Waals surface area (Å²) < 4.78 is 6.58. The van der Waals surface area contributed by atoms with Crippen LogP contribution in [0.5, 0.6) is 0 Å². The first-order chi connectivity index (χ1) is 31.3. The minimum absolute atomic E-state index is 0.547. The molecule has 0 bridgehead atoms. The first kappa shape index (κ1) is 36.6. The van der Waals surface area contributed by atoms with Gasteiger partial charge >= 0.3 is 0 Å². The number of rotatable bonds is 8. The van der Waals surface area contributed by atoms with Crippen molar-refractivity contribution in [3.63, 3.8) is 0 Å². The van der Waals surface area contributed by atoms with Gasteiger partial charge in [0.25, 0.3) is 0 Å². The Kier molecular flexibility index (Phi) is 8.76. The number of para-hydroxylation sites is 1. The Bertz CT molecular complexity index is 3390. The highest BCUT2D eigenvalue weighted by Gasteiger charge is 2.47. The third-order valence-electron chi connectivity index (χ3n) is 13.0. The van der Waals surface area contributed by atoms with E-state index < -0.39 is 5.41 Å². The normalized spacial score (nSPS) is 12.6. The first-order valence-corrected chi connectivity index (χ1v) is 21.7. The van der Waals surface area contributed by atoms with Gasteiger partial charge in [0.05, 0.1) is 16.8 Å². The molecule has 0 spiro atoms. The van der Waals surface area contributed by atoms with Crippen LogP contribution in [0.15, 0.2) is 253 Å². The highest BCUT2D eigenvalue weighted by molar-refractivity contribution is 6.08. The highest BCUT2D eigenvalue weighted by Crippen LogP contribution is 2.60. The lowest BCUT2D eigenvalue weighted by Crippen LogP contribution is -2.28.